The van der Waals surface area contributed by atoms with Crippen LogP contribution in [0.2, 0.25) is 0 Å². The molecule has 0 amide bonds. The number of ketones is 1. The zero-order valence-electron chi connectivity index (χ0n) is 7.81. The van der Waals surface area contributed by atoms with E-state index in [1.54, 1.807) is 12.3 Å². The Morgan fingerprint density at radius 1 is 1.33 bits per heavy atom. The molecule has 0 saturated heterocycles. The number of rotatable bonds is 2. The predicted molar refractivity (Wildman–Crippen MR) is 64.0 cm³/mol. The van der Waals surface area contributed by atoms with Gasteiger partial charge in [0, 0.05) is 17.1 Å². The van der Waals surface area contributed by atoms with Gasteiger partial charge < -0.3 is 0 Å². The maximum absolute atomic E-state index is 11.3. The summed E-state index contributed by atoms with van der Waals surface area (Å²) in [6, 6.07) is 9.16. The Labute approximate surface area is 98.7 Å². The van der Waals surface area contributed by atoms with Crippen LogP contribution < -0.4 is 0 Å². The molecule has 4 heteroatoms. The Morgan fingerprint density at radius 2 is 2.13 bits per heavy atom. The Balaban J connectivity index is 0.00000112. The molecule has 0 radical (unpaired) electrons. The van der Waals surface area contributed by atoms with Crippen molar-refractivity contribution in [1.82, 2.24) is 4.98 Å². The number of hydrogen-bond donors (Lipinski definition) is 0. The van der Waals surface area contributed by atoms with Gasteiger partial charge >= 0.3 is 0 Å². The number of carbonyl (C=O) groups excluding carboxylic acids is 1. The summed E-state index contributed by atoms with van der Waals surface area (Å²) < 4.78 is 0. The predicted octanol–water partition coefficient (Wildman–Crippen LogP) is 3.08. The van der Waals surface area contributed by atoms with Crippen LogP contribution in [0.1, 0.15) is 10.4 Å². The quantitative estimate of drug-likeness (QED) is 0.598. The third-order valence-electron chi connectivity index (χ3n) is 2.05. The van der Waals surface area contributed by atoms with E-state index in [4.69, 9.17) is 11.6 Å². The number of nitrogens with zero attached hydrogens (tertiary/aromatic N) is 1. The molecule has 15 heavy (non-hydrogen) atoms. The van der Waals surface area contributed by atoms with Crippen LogP contribution in [-0.4, -0.2) is 16.6 Å². The topological polar surface area (TPSA) is 30.0 Å². The summed E-state index contributed by atoms with van der Waals surface area (Å²) in [5.74, 6) is -0.0383. The summed E-state index contributed by atoms with van der Waals surface area (Å²) in [4.78, 5) is 15.5. The first-order valence-corrected chi connectivity index (χ1v) is 4.78. The average molecular weight is 242 g/mol. The Morgan fingerprint density at radius 3 is 2.87 bits per heavy atom. The van der Waals surface area contributed by atoms with Gasteiger partial charge in [-0.2, -0.15) is 0 Å². The third kappa shape index (κ3) is 2.46. The van der Waals surface area contributed by atoms with E-state index in [-0.39, 0.29) is 24.1 Å². The molecule has 0 aliphatic heterocycles. The van der Waals surface area contributed by atoms with Crippen molar-refractivity contribution in [3.63, 3.8) is 0 Å². The fourth-order valence-corrected chi connectivity index (χ4v) is 1.48. The number of aromatic nitrogens is 1. The Hall–Kier alpha value is -1.12. The summed E-state index contributed by atoms with van der Waals surface area (Å²) in [5, 5.41) is 0.962. The maximum atomic E-state index is 11.3. The minimum Gasteiger partial charge on any atom is -0.293 e. The minimum absolute atomic E-state index is 0. The van der Waals surface area contributed by atoms with Crippen molar-refractivity contribution in [3.05, 3.63) is 42.1 Å². The minimum atomic E-state index is -0.0579. The summed E-state index contributed by atoms with van der Waals surface area (Å²) in [6.07, 6.45) is 1.73. The molecule has 0 saturated carbocycles. The molecule has 2 aromatic rings. The summed E-state index contributed by atoms with van der Waals surface area (Å²) in [7, 11) is 0. The monoisotopic (exact) mass is 241 g/mol. The standard InChI is InChI=1S/C11H8ClNO.ClH/c12-7-11(14)9-3-4-10-8(6-9)2-1-5-13-10;/h1-6H,7H2;1H. The van der Waals surface area contributed by atoms with E-state index in [0.717, 1.165) is 10.9 Å². The van der Waals surface area contributed by atoms with Gasteiger partial charge in [0.05, 0.1) is 11.4 Å². The molecule has 0 bridgehead atoms. The van der Waals surface area contributed by atoms with Gasteiger partial charge in [0.2, 0.25) is 0 Å². The first-order chi connectivity index (χ1) is 6.81. The molecule has 0 N–H and O–H groups in total. The fraction of sp³-hybridized carbons (Fsp3) is 0.0909. The second-order valence-corrected chi connectivity index (χ2v) is 3.23. The highest BCUT2D eigenvalue weighted by Gasteiger charge is 2.04. The van der Waals surface area contributed by atoms with E-state index in [2.05, 4.69) is 4.98 Å². The molecule has 0 fully saturated rings. The summed E-state index contributed by atoms with van der Waals surface area (Å²) >= 11 is 5.47. The number of hydrogen-bond acceptors (Lipinski definition) is 2. The van der Waals surface area contributed by atoms with Crippen LogP contribution in [-0.2, 0) is 0 Å². The highest BCUT2D eigenvalue weighted by atomic mass is 35.5. The third-order valence-corrected chi connectivity index (χ3v) is 2.29. The molecule has 0 aliphatic carbocycles. The van der Waals surface area contributed by atoms with Gasteiger partial charge in [-0.15, -0.1) is 24.0 Å². The molecule has 1 heterocycles. The Bertz CT molecular complexity index is 485. The summed E-state index contributed by atoms with van der Waals surface area (Å²) in [5.41, 5.74) is 1.53. The molecule has 0 atom stereocenters. The normalized spacial score (nSPS) is 9.67. The molecule has 0 unspecified atom stereocenters. The van der Waals surface area contributed by atoms with Crippen LogP contribution in [0.5, 0.6) is 0 Å². The number of alkyl halides is 1. The molecule has 0 aliphatic rings. The molecular formula is C11H9Cl2NO. The zero-order chi connectivity index (χ0) is 9.97. The highest BCUT2D eigenvalue weighted by Crippen LogP contribution is 2.13. The van der Waals surface area contributed by atoms with E-state index in [0.29, 0.717) is 5.56 Å². The molecule has 2 rings (SSSR count). The van der Waals surface area contributed by atoms with E-state index in [1.807, 2.05) is 24.3 Å². The number of carbonyl (C=O) groups is 1. The molecule has 1 aromatic heterocycles. The van der Waals surface area contributed by atoms with Gasteiger partial charge in [-0.25, -0.2) is 0 Å². The lowest BCUT2D eigenvalue weighted by atomic mass is 10.1. The molecule has 78 valence electrons. The van der Waals surface area contributed by atoms with Crippen LogP contribution in [0.15, 0.2) is 36.5 Å². The molecule has 1 aromatic carbocycles. The number of Topliss-reactive ketones (excluding diaryl/α,β-unsaturated/α-hetero) is 1. The number of benzene rings is 1. The second kappa shape index (κ2) is 5.10. The van der Waals surface area contributed by atoms with E-state index >= 15 is 0 Å². The van der Waals surface area contributed by atoms with E-state index in [1.165, 1.54) is 0 Å². The van der Waals surface area contributed by atoms with Crippen LogP contribution in [0.3, 0.4) is 0 Å². The number of fused-ring (bicyclic) bond motifs is 1. The maximum Gasteiger partial charge on any atom is 0.177 e. The highest BCUT2D eigenvalue weighted by molar-refractivity contribution is 6.30. The van der Waals surface area contributed by atoms with Crippen LogP contribution >= 0.6 is 24.0 Å². The van der Waals surface area contributed by atoms with Gasteiger partial charge in [-0.05, 0) is 24.3 Å². The Kier molecular flexibility index (Phi) is 4.06. The first kappa shape index (κ1) is 12.0. The van der Waals surface area contributed by atoms with Gasteiger partial charge in [-0.3, -0.25) is 9.78 Å². The molecule has 2 nitrogen and oxygen atoms in total. The van der Waals surface area contributed by atoms with Crippen molar-refractivity contribution in [2.75, 3.05) is 5.88 Å². The lowest BCUT2D eigenvalue weighted by Crippen LogP contribution is -1.99. The van der Waals surface area contributed by atoms with E-state index in [9.17, 15) is 4.79 Å². The van der Waals surface area contributed by atoms with Crippen molar-refractivity contribution >= 4 is 40.7 Å². The van der Waals surface area contributed by atoms with Gasteiger partial charge in [0.1, 0.15) is 0 Å². The fourth-order valence-electron chi connectivity index (χ4n) is 1.33. The van der Waals surface area contributed by atoms with Crippen molar-refractivity contribution < 1.29 is 4.79 Å². The summed E-state index contributed by atoms with van der Waals surface area (Å²) in [6.45, 7) is 0. The zero-order valence-corrected chi connectivity index (χ0v) is 9.39. The number of halogens is 2. The smallest absolute Gasteiger partial charge is 0.177 e. The molecular weight excluding hydrogens is 233 g/mol. The van der Waals surface area contributed by atoms with Gasteiger partial charge in [-0.1, -0.05) is 6.07 Å². The number of pyridine rings is 1. The average Bonchev–Trinajstić information content (AvgIpc) is 2.27. The largest absolute Gasteiger partial charge is 0.293 e. The van der Waals surface area contributed by atoms with Gasteiger partial charge in [0.15, 0.2) is 5.78 Å². The van der Waals surface area contributed by atoms with E-state index < -0.39 is 0 Å². The SMILES string of the molecule is Cl.O=C(CCl)c1ccc2ncccc2c1. The molecule has 0 spiro atoms. The van der Waals surface area contributed by atoms with Crippen LogP contribution in [0, 0.1) is 0 Å². The first-order valence-electron chi connectivity index (χ1n) is 4.25. The van der Waals surface area contributed by atoms with Crippen LogP contribution in [0.4, 0.5) is 0 Å². The van der Waals surface area contributed by atoms with Crippen molar-refractivity contribution in [1.29, 1.82) is 0 Å². The lowest BCUT2D eigenvalue weighted by Gasteiger charge is -1.99. The second-order valence-electron chi connectivity index (χ2n) is 2.97. The van der Waals surface area contributed by atoms with Crippen molar-refractivity contribution in [2.24, 2.45) is 0 Å². The lowest BCUT2D eigenvalue weighted by molar-refractivity contribution is 0.102. The van der Waals surface area contributed by atoms with Crippen LogP contribution in [0.25, 0.3) is 10.9 Å². The van der Waals surface area contributed by atoms with Gasteiger partial charge in [0.25, 0.3) is 0 Å². The van der Waals surface area contributed by atoms with Crippen molar-refractivity contribution in [3.8, 4) is 0 Å². The van der Waals surface area contributed by atoms with Crippen molar-refractivity contribution in [2.45, 2.75) is 0 Å².